The summed E-state index contributed by atoms with van der Waals surface area (Å²) in [4.78, 5) is 30.0. The predicted molar refractivity (Wildman–Crippen MR) is 151 cm³/mol. The van der Waals surface area contributed by atoms with Crippen molar-refractivity contribution >= 4 is 23.6 Å². The van der Waals surface area contributed by atoms with E-state index in [1.807, 2.05) is 54.3 Å². The lowest BCUT2D eigenvalue weighted by molar-refractivity contribution is -0.127. The van der Waals surface area contributed by atoms with Crippen molar-refractivity contribution in [2.24, 2.45) is 16.2 Å². The number of rotatable bonds is 10. The zero-order valence-corrected chi connectivity index (χ0v) is 22.7. The van der Waals surface area contributed by atoms with Gasteiger partial charge in [-0.15, -0.1) is 5.11 Å². The summed E-state index contributed by atoms with van der Waals surface area (Å²) in [6, 6.07) is 11.4. The Balaban J connectivity index is 1.69. The van der Waals surface area contributed by atoms with Crippen molar-refractivity contribution in [3.05, 3.63) is 53.1 Å². The van der Waals surface area contributed by atoms with E-state index in [-0.39, 0.29) is 18.4 Å². The summed E-state index contributed by atoms with van der Waals surface area (Å²) in [6.45, 7) is 4.72. The lowest BCUT2D eigenvalue weighted by atomic mass is 9.98. The number of methoxy groups -OCH3 is 1. The highest BCUT2D eigenvalue weighted by Gasteiger charge is 2.26. The predicted octanol–water partition coefficient (Wildman–Crippen LogP) is 4.07. The van der Waals surface area contributed by atoms with Crippen LogP contribution in [0.25, 0.3) is 17.2 Å². The van der Waals surface area contributed by atoms with Gasteiger partial charge in [-0.2, -0.15) is 0 Å². The van der Waals surface area contributed by atoms with E-state index in [1.165, 1.54) is 0 Å². The highest BCUT2D eigenvalue weighted by Crippen LogP contribution is 2.38. The third kappa shape index (κ3) is 6.57. The molecule has 1 atom stereocenters. The molecule has 2 heterocycles. The number of nitrogens with one attached hydrogen (secondary N) is 1. The van der Waals surface area contributed by atoms with Crippen LogP contribution in [0.1, 0.15) is 54.9 Å². The van der Waals surface area contributed by atoms with Crippen LogP contribution in [0.4, 0.5) is 5.69 Å². The van der Waals surface area contributed by atoms with E-state index in [9.17, 15) is 14.7 Å². The molecule has 0 bridgehead atoms. The van der Waals surface area contributed by atoms with Crippen LogP contribution in [-0.2, 0) is 4.79 Å². The number of aliphatic hydroxyl groups is 1. The van der Waals surface area contributed by atoms with Gasteiger partial charge in [-0.1, -0.05) is 24.3 Å². The van der Waals surface area contributed by atoms with Crippen molar-refractivity contribution in [1.29, 1.82) is 0 Å². The summed E-state index contributed by atoms with van der Waals surface area (Å²) in [5, 5.41) is 20.3. The Labute approximate surface area is 229 Å². The number of aliphatic hydroxyl groups excluding tert-OH is 1. The molecule has 1 unspecified atom stereocenters. The van der Waals surface area contributed by atoms with Gasteiger partial charge in [-0.3, -0.25) is 9.59 Å². The number of ether oxygens (including phenoxy) is 1. The molecule has 2 aromatic carbocycles. The van der Waals surface area contributed by atoms with Crippen LogP contribution in [0.15, 0.2) is 52.3 Å². The highest BCUT2D eigenvalue weighted by molar-refractivity contribution is 6.00. The van der Waals surface area contributed by atoms with Crippen LogP contribution in [-0.4, -0.2) is 72.8 Å². The van der Waals surface area contributed by atoms with E-state index < -0.39 is 6.17 Å². The number of hydrogen-bond donors (Lipinski definition) is 3. The maximum Gasteiger partial charge on any atom is 0.253 e. The van der Waals surface area contributed by atoms with Crippen molar-refractivity contribution in [3.63, 3.8) is 0 Å². The quantitative estimate of drug-likeness (QED) is 0.239. The number of anilines is 1. The minimum atomic E-state index is -0.533. The van der Waals surface area contributed by atoms with E-state index >= 15 is 0 Å². The average molecular weight is 535 g/mol. The molecule has 2 aromatic rings. The third-order valence-corrected chi connectivity index (χ3v) is 7.12. The molecule has 2 amide bonds. The van der Waals surface area contributed by atoms with Gasteiger partial charge in [0.2, 0.25) is 5.91 Å². The van der Waals surface area contributed by atoms with Gasteiger partial charge in [0, 0.05) is 67.2 Å². The molecule has 208 valence electrons. The zero-order chi connectivity index (χ0) is 27.8. The Morgan fingerprint density at radius 2 is 1.92 bits per heavy atom. The average Bonchev–Trinajstić information content (AvgIpc) is 3.43. The Bertz CT molecular complexity index is 1220. The third-order valence-electron chi connectivity index (χ3n) is 7.12. The van der Waals surface area contributed by atoms with Crippen molar-refractivity contribution in [2.75, 3.05) is 45.2 Å². The molecule has 0 spiro atoms. The van der Waals surface area contributed by atoms with Crippen LogP contribution in [0.5, 0.6) is 5.75 Å². The second kappa shape index (κ2) is 13.2. The largest absolute Gasteiger partial charge is 0.496 e. The van der Waals surface area contributed by atoms with Gasteiger partial charge >= 0.3 is 0 Å². The van der Waals surface area contributed by atoms with Gasteiger partial charge in [-0.05, 0) is 61.6 Å². The first-order valence-electron chi connectivity index (χ1n) is 13.6. The molecule has 10 heteroatoms. The number of likely N-dealkylation sites (tertiary alicyclic amines) is 1. The highest BCUT2D eigenvalue weighted by atomic mass is 16.5. The summed E-state index contributed by atoms with van der Waals surface area (Å²) in [7, 11) is 1.61. The number of benzene rings is 2. The number of carbonyl (C=O) groups is 2. The van der Waals surface area contributed by atoms with Crippen LogP contribution in [0.3, 0.4) is 0 Å². The first-order valence-corrected chi connectivity index (χ1v) is 13.6. The number of fused-ring (bicyclic) bond motifs is 1. The number of hydrogen-bond acceptors (Lipinski definition) is 7. The standard InChI is InChI=1S/C29H38N6O4/c1-3-11-34(14-6-15-36)29(38)23-16-22-17-26(39-2)24(19-25(22)31-27(18-23)32-33-30)20-7-9-21(10-8-20)28(37)35-12-4-5-13-35/h7-10,16-17,19,27,31,36H,3-6,11-15,18H2,1-2H3,(H2,30,32). The van der Waals surface area contributed by atoms with E-state index in [0.29, 0.717) is 42.8 Å². The molecule has 0 aliphatic carbocycles. The fraction of sp³-hybridized carbons (Fsp3) is 0.448. The molecule has 4 N–H and O–H groups in total. The second-order valence-corrected chi connectivity index (χ2v) is 9.85. The SMILES string of the molecule is CCCN(CCCO)C(=O)C1=Cc2cc(OC)c(-c3ccc(C(=O)N4CCCC4)cc3)cc2NC(N=NN)C1. The maximum absolute atomic E-state index is 13.5. The van der Waals surface area contributed by atoms with Crippen LogP contribution in [0.2, 0.25) is 0 Å². The maximum atomic E-state index is 13.5. The Kier molecular flexibility index (Phi) is 9.54. The molecular weight excluding hydrogens is 496 g/mol. The fourth-order valence-corrected chi connectivity index (χ4v) is 5.16. The molecule has 0 aromatic heterocycles. The molecule has 1 fully saturated rings. The minimum absolute atomic E-state index is 0.0221. The van der Waals surface area contributed by atoms with Crippen molar-refractivity contribution in [2.45, 2.75) is 45.2 Å². The first kappa shape index (κ1) is 28.1. The first-order chi connectivity index (χ1) is 19.0. The van der Waals surface area contributed by atoms with Crippen molar-refractivity contribution in [3.8, 4) is 16.9 Å². The zero-order valence-electron chi connectivity index (χ0n) is 22.7. The van der Waals surface area contributed by atoms with Crippen LogP contribution >= 0.6 is 0 Å². The molecule has 10 nitrogen and oxygen atoms in total. The fourth-order valence-electron chi connectivity index (χ4n) is 5.16. The topological polar surface area (TPSA) is 133 Å². The van der Waals surface area contributed by atoms with E-state index in [1.54, 1.807) is 12.0 Å². The summed E-state index contributed by atoms with van der Waals surface area (Å²) in [5.41, 5.74) is 4.53. The molecule has 2 aliphatic heterocycles. The Morgan fingerprint density at radius 3 is 2.56 bits per heavy atom. The monoisotopic (exact) mass is 534 g/mol. The summed E-state index contributed by atoms with van der Waals surface area (Å²) < 4.78 is 5.76. The Hall–Kier alpha value is -3.92. The molecular formula is C29H38N6O4. The lowest BCUT2D eigenvalue weighted by Crippen LogP contribution is -2.35. The smallest absolute Gasteiger partial charge is 0.253 e. The lowest BCUT2D eigenvalue weighted by Gasteiger charge is -2.23. The molecule has 0 radical (unpaired) electrons. The van der Waals surface area contributed by atoms with E-state index in [0.717, 1.165) is 54.7 Å². The number of nitrogens with zero attached hydrogens (tertiary/aromatic N) is 4. The molecule has 0 saturated carbocycles. The summed E-state index contributed by atoms with van der Waals surface area (Å²) in [6.07, 6.45) is 5.06. The van der Waals surface area contributed by atoms with Gasteiger partial charge in [0.1, 0.15) is 11.9 Å². The van der Waals surface area contributed by atoms with Gasteiger partial charge in [0.15, 0.2) is 0 Å². The van der Waals surface area contributed by atoms with Crippen molar-refractivity contribution < 1.29 is 19.4 Å². The van der Waals surface area contributed by atoms with Crippen LogP contribution < -0.4 is 15.9 Å². The normalized spacial score (nSPS) is 16.8. The van der Waals surface area contributed by atoms with Gasteiger partial charge < -0.3 is 30.8 Å². The molecule has 2 aliphatic rings. The molecule has 39 heavy (non-hydrogen) atoms. The van der Waals surface area contributed by atoms with E-state index in [4.69, 9.17) is 10.6 Å². The van der Waals surface area contributed by atoms with Gasteiger partial charge in [0.25, 0.3) is 5.91 Å². The van der Waals surface area contributed by atoms with E-state index in [2.05, 4.69) is 15.7 Å². The minimum Gasteiger partial charge on any atom is -0.496 e. The number of carbonyl (C=O) groups excluding carboxylic acids is 2. The number of amides is 2. The van der Waals surface area contributed by atoms with Gasteiger partial charge in [0.05, 0.1) is 7.11 Å². The Morgan fingerprint density at radius 1 is 1.18 bits per heavy atom. The molecule has 1 saturated heterocycles. The second-order valence-electron chi connectivity index (χ2n) is 9.85. The number of nitrogens with two attached hydrogens (primary N) is 1. The summed E-state index contributed by atoms with van der Waals surface area (Å²) in [5.74, 6) is 6.00. The van der Waals surface area contributed by atoms with Crippen LogP contribution in [0, 0.1) is 0 Å². The summed E-state index contributed by atoms with van der Waals surface area (Å²) >= 11 is 0. The van der Waals surface area contributed by atoms with Crippen molar-refractivity contribution in [1.82, 2.24) is 9.80 Å². The molecule has 4 rings (SSSR count). The van der Waals surface area contributed by atoms with Gasteiger partial charge in [-0.25, -0.2) is 0 Å².